The summed E-state index contributed by atoms with van der Waals surface area (Å²) in [5, 5.41) is 2.42. The molecule has 3 aromatic heterocycles. The molecule has 1 aliphatic rings. The van der Waals surface area contributed by atoms with Gasteiger partial charge in [-0.3, -0.25) is 4.40 Å². The Labute approximate surface area is 111 Å². The lowest BCUT2D eigenvalue weighted by molar-refractivity contribution is -0.639. The number of nitrogens with zero attached hydrogens (tertiary/aromatic N) is 3. The van der Waals surface area contributed by atoms with Crippen molar-refractivity contribution in [2.45, 2.75) is 19.3 Å². The van der Waals surface area contributed by atoms with Crippen molar-refractivity contribution in [3.8, 4) is 0 Å². The Kier molecular flexibility index (Phi) is 2.35. The number of hydrogen-bond donors (Lipinski definition) is 2. The van der Waals surface area contributed by atoms with Crippen molar-refractivity contribution in [2.24, 2.45) is 5.92 Å². The summed E-state index contributed by atoms with van der Waals surface area (Å²) in [6.45, 7) is 4.68. The predicted octanol–water partition coefficient (Wildman–Crippen LogP) is 0.897. The third-order valence-electron chi connectivity index (χ3n) is 4.43. The van der Waals surface area contributed by atoms with Crippen molar-refractivity contribution in [1.29, 1.82) is 0 Å². The van der Waals surface area contributed by atoms with Crippen LogP contribution < -0.4 is 5.32 Å². The van der Waals surface area contributed by atoms with Crippen LogP contribution >= 0.6 is 0 Å². The highest BCUT2D eigenvalue weighted by molar-refractivity contribution is 5.74. The molecule has 1 aliphatic heterocycles. The van der Waals surface area contributed by atoms with Crippen molar-refractivity contribution in [3.63, 3.8) is 0 Å². The lowest BCUT2D eigenvalue weighted by atomic mass is 9.91. The van der Waals surface area contributed by atoms with Crippen LogP contribution in [0.25, 0.3) is 16.8 Å². The third-order valence-corrected chi connectivity index (χ3v) is 4.43. The predicted molar refractivity (Wildman–Crippen MR) is 73.0 cm³/mol. The number of imidazole rings is 1. The summed E-state index contributed by atoms with van der Waals surface area (Å²) in [7, 11) is 0. The van der Waals surface area contributed by atoms with E-state index < -0.39 is 0 Å². The molecule has 0 saturated carbocycles. The molecular formula is C14H18N5+. The van der Waals surface area contributed by atoms with E-state index in [2.05, 4.69) is 37.7 Å². The minimum Gasteiger partial charge on any atom is -0.345 e. The van der Waals surface area contributed by atoms with Crippen LogP contribution in [0.15, 0.2) is 24.7 Å². The van der Waals surface area contributed by atoms with Crippen molar-refractivity contribution in [3.05, 3.63) is 30.4 Å². The first-order valence-electron chi connectivity index (χ1n) is 6.99. The SMILES string of the molecule is CCC1C[NH2+]CC1c1cnc2cnc3[nH]ccc3n12. The first-order valence-corrected chi connectivity index (χ1v) is 6.99. The molecule has 1 saturated heterocycles. The summed E-state index contributed by atoms with van der Waals surface area (Å²) < 4.78 is 2.27. The number of fused-ring (bicyclic) bond motifs is 3. The standard InChI is InChI=1S/C14H17N5/c1-2-9-5-15-6-10(9)12-7-17-13-8-18-14-11(19(12)13)3-4-16-14/h3-4,7-10,15-16H,2,5-6H2,1H3/p+1. The van der Waals surface area contributed by atoms with Gasteiger partial charge in [0.2, 0.25) is 0 Å². The number of nitrogens with one attached hydrogen (secondary N) is 1. The highest BCUT2D eigenvalue weighted by Crippen LogP contribution is 2.29. The van der Waals surface area contributed by atoms with Crippen LogP contribution in [0.3, 0.4) is 0 Å². The second kappa shape index (κ2) is 4.06. The zero-order valence-corrected chi connectivity index (χ0v) is 11.0. The van der Waals surface area contributed by atoms with Crippen molar-refractivity contribution >= 4 is 16.8 Å². The number of quaternary nitrogens is 1. The van der Waals surface area contributed by atoms with Crippen LogP contribution in [0.5, 0.6) is 0 Å². The Morgan fingerprint density at radius 2 is 2.32 bits per heavy atom. The monoisotopic (exact) mass is 256 g/mol. The van der Waals surface area contributed by atoms with E-state index in [1.807, 2.05) is 18.6 Å². The minimum atomic E-state index is 0.598. The fourth-order valence-electron chi connectivity index (χ4n) is 3.41. The summed E-state index contributed by atoms with van der Waals surface area (Å²) >= 11 is 0. The Morgan fingerprint density at radius 1 is 1.37 bits per heavy atom. The molecule has 1 fully saturated rings. The van der Waals surface area contributed by atoms with Gasteiger partial charge in [-0.15, -0.1) is 0 Å². The van der Waals surface area contributed by atoms with E-state index in [1.54, 1.807) is 0 Å². The summed E-state index contributed by atoms with van der Waals surface area (Å²) in [5.74, 6) is 1.35. The number of aromatic nitrogens is 4. The van der Waals surface area contributed by atoms with Gasteiger partial charge in [0.1, 0.15) is 0 Å². The Hall–Kier alpha value is -1.88. The molecule has 5 heteroatoms. The smallest absolute Gasteiger partial charge is 0.156 e. The fourth-order valence-corrected chi connectivity index (χ4v) is 3.41. The molecule has 0 bridgehead atoms. The second-order valence-electron chi connectivity index (χ2n) is 5.38. The van der Waals surface area contributed by atoms with Gasteiger partial charge in [0.05, 0.1) is 36.4 Å². The van der Waals surface area contributed by atoms with Gasteiger partial charge in [-0.2, -0.15) is 0 Å². The molecule has 5 nitrogen and oxygen atoms in total. The first kappa shape index (κ1) is 11.0. The maximum absolute atomic E-state index is 4.53. The van der Waals surface area contributed by atoms with E-state index >= 15 is 0 Å². The Bertz CT molecular complexity index is 726. The molecule has 19 heavy (non-hydrogen) atoms. The normalized spacial score (nSPS) is 23.6. The van der Waals surface area contributed by atoms with Gasteiger partial charge in [0, 0.05) is 18.3 Å². The van der Waals surface area contributed by atoms with Crippen LogP contribution in [0.4, 0.5) is 0 Å². The third kappa shape index (κ3) is 1.51. The topological polar surface area (TPSA) is 62.6 Å². The first-order chi connectivity index (χ1) is 9.38. The average molecular weight is 256 g/mol. The molecular weight excluding hydrogens is 238 g/mol. The molecule has 98 valence electrons. The van der Waals surface area contributed by atoms with Crippen LogP contribution in [0.2, 0.25) is 0 Å². The molecule has 2 atom stereocenters. The summed E-state index contributed by atoms with van der Waals surface area (Å²) in [6.07, 6.45) is 7.06. The molecule has 3 N–H and O–H groups in total. The molecule has 0 spiro atoms. The lowest BCUT2D eigenvalue weighted by Gasteiger charge is -2.14. The summed E-state index contributed by atoms with van der Waals surface area (Å²) in [4.78, 5) is 12.1. The maximum Gasteiger partial charge on any atom is 0.156 e. The van der Waals surface area contributed by atoms with E-state index in [9.17, 15) is 0 Å². The van der Waals surface area contributed by atoms with Crippen LogP contribution in [-0.4, -0.2) is 32.4 Å². The van der Waals surface area contributed by atoms with E-state index in [4.69, 9.17) is 0 Å². The average Bonchev–Trinajstić information content (AvgIpc) is 3.15. The number of H-pyrrole nitrogens is 1. The molecule has 0 radical (unpaired) electrons. The van der Waals surface area contributed by atoms with Gasteiger partial charge in [-0.1, -0.05) is 6.92 Å². The maximum atomic E-state index is 4.53. The molecule has 0 aliphatic carbocycles. The van der Waals surface area contributed by atoms with Gasteiger partial charge >= 0.3 is 0 Å². The van der Waals surface area contributed by atoms with E-state index in [0.717, 1.165) is 22.7 Å². The van der Waals surface area contributed by atoms with Gasteiger partial charge < -0.3 is 10.3 Å². The Morgan fingerprint density at radius 3 is 3.21 bits per heavy atom. The zero-order valence-electron chi connectivity index (χ0n) is 11.0. The number of nitrogens with two attached hydrogens (primary N) is 1. The van der Waals surface area contributed by atoms with E-state index in [-0.39, 0.29) is 0 Å². The highest BCUT2D eigenvalue weighted by atomic mass is 15.1. The molecule has 4 rings (SSSR count). The van der Waals surface area contributed by atoms with Gasteiger partial charge in [-0.25, -0.2) is 9.97 Å². The van der Waals surface area contributed by atoms with Gasteiger partial charge in [-0.05, 0) is 12.5 Å². The van der Waals surface area contributed by atoms with Crippen molar-refractivity contribution in [1.82, 2.24) is 19.4 Å². The highest BCUT2D eigenvalue weighted by Gasteiger charge is 2.33. The Balaban J connectivity index is 1.96. The molecule has 0 amide bonds. The second-order valence-corrected chi connectivity index (χ2v) is 5.38. The molecule has 3 aromatic rings. The minimum absolute atomic E-state index is 0.598. The zero-order chi connectivity index (χ0) is 12.8. The van der Waals surface area contributed by atoms with Crippen molar-refractivity contribution < 1.29 is 5.32 Å². The molecule has 4 heterocycles. The molecule has 2 unspecified atom stereocenters. The van der Waals surface area contributed by atoms with E-state index in [0.29, 0.717) is 5.92 Å². The quantitative estimate of drug-likeness (QED) is 0.715. The van der Waals surface area contributed by atoms with Gasteiger partial charge in [0.15, 0.2) is 11.3 Å². The van der Waals surface area contributed by atoms with E-state index in [1.165, 1.54) is 25.2 Å². The van der Waals surface area contributed by atoms with Crippen LogP contribution in [-0.2, 0) is 0 Å². The number of aromatic amines is 1. The van der Waals surface area contributed by atoms with Crippen LogP contribution in [0.1, 0.15) is 25.0 Å². The number of hydrogen-bond acceptors (Lipinski definition) is 2. The lowest BCUT2D eigenvalue weighted by Crippen LogP contribution is -2.81. The van der Waals surface area contributed by atoms with Crippen molar-refractivity contribution in [2.75, 3.05) is 13.1 Å². The molecule has 0 aromatic carbocycles. The van der Waals surface area contributed by atoms with Gasteiger partial charge in [0.25, 0.3) is 0 Å². The largest absolute Gasteiger partial charge is 0.345 e. The van der Waals surface area contributed by atoms with Crippen LogP contribution in [0, 0.1) is 5.92 Å². The fraction of sp³-hybridized carbons (Fsp3) is 0.429. The summed E-state index contributed by atoms with van der Waals surface area (Å²) in [5.41, 5.74) is 4.35. The number of rotatable bonds is 2. The summed E-state index contributed by atoms with van der Waals surface area (Å²) in [6, 6.07) is 2.08.